The monoisotopic (exact) mass is 1370 g/mol. The molecule has 4 aromatic rings. The molecule has 0 saturated carbocycles. The maximum atomic E-state index is 12.5. The molecular weight excluding hydrogens is 1250 g/mol. The topological polar surface area (TPSA) is 179 Å². The van der Waals surface area contributed by atoms with Gasteiger partial charge in [0, 0.05) is 47.9 Å². The van der Waals surface area contributed by atoms with Crippen LogP contribution in [0.15, 0.2) is 48.5 Å². The van der Waals surface area contributed by atoms with Crippen molar-refractivity contribution in [2.24, 2.45) is 0 Å². The van der Waals surface area contributed by atoms with E-state index in [1.807, 2.05) is 0 Å². The fraction of sp³-hybridized carbons (Fsp3) is 0.641. The number of methoxy groups -OCH3 is 4. The van der Waals surface area contributed by atoms with Gasteiger partial charge < -0.3 is 46.5 Å². The van der Waals surface area contributed by atoms with E-state index >= 15 is 0 Å². The highest BCUT2D eigenvalue weighted by atomic mass is 31.2. The van der Waals surface area contributed by atoms with Gasteiger partial charge in [0.2, 0.25) is 0 Å². The van der Waals surface area contributed by atoms with Crippen LogP contribution in [-0.4, -0.2) is 92.0 Å². The summed E-state index contributed by atoms with van der Waals surface area (Å²) in [4.78, 5) is 50.0. The average molecular weight is 1380 g/mol. The highest BCUT2D eigenvalue weighted by Gasteiger charge is 2.36. The van der Waals surface area contributed by atoms with E-state index in [0.717, 1.165) is 66.8 Å². The molecular formula is C78H120O16P2. The molecule has 0 heterocycles. The van der Waals surface area contributed by atoms with E-state index in [4.69, 9.17) is 55.6 Å². The predicted molar refractivity (Wildman–Crippen MR) is 387 cm³/mol. The van der Waals surface area contributed by atoms with Crippen molar-refractivity contribution >= 4 is 41.1 Å². The molecule has 0 amide bonds. The molecule has 96 heavy (non-hydrogen) atoms. The van der Waals surface area contributed by atoms with Crippen LogP contribution in [0.5, 0.6) is 23.0 Å². The minimum Gasteiger partial charge on any atom is -0.469 e. The van der Waals surface area contributed by atoms with E-state index in [-0.39, 0.29) is 133 Å². The van der Waals surface area contributed by atoms with Crippen molar-refractivity contribution in [2.75, 3.05) is 68.1 Å². The Morgan fingerprint density at radius 1 is 0.271 bits per heavy atom. The van der Waals surface area contributed by atoms with E-state index in [0.29, 0.717) is 48.7 Å². The van der Waals surface area contributed by atoms with Crippen LogP contribution in [0.25, 0.3) is 0 Å². The molecule has 0 N–H and O–H groups in total. The molecule has 18 heteroatoms. The van der Waals surface area contributed by atoms with E-state index in [1.165, 1.54) is 28.4 Å². The molecule has 0 saturated heterocycles. The first-order chi connectivity index (χ1) is 44.1. The third-order valence-corrected chi connectivity index (χ3v) is 18.7. The summed E-state index contributed by atoms with van der Waals surface area (Å²) in [6.45, 7) is 52.5. The SMILES string of the molecule is COC(=O)CCc1cc(C(C)(C)C)c(OP(OCCOCCOCCOP(Oc2cc(C(C)(C)C)c(CCC(=O)OC)cc2C(C)(C)C)Oc2cc(C(C)(C)C)c(CCC(=O)OC)cc2C(C)(C)C)Oc2cc(C(C)(C)C)c(CCC(=O)OC)cc2C(C)(C)C)cc1C(C)(C)C. The summed E-state index contributed by atoms with van der Waals surface area (Å²) in [5.74, 6) is 1.35. The highest BCUT2D eigenvalue weighted by Crippen LogP contribution is 2.52. The van der Waals surface area contributed by atoms with Crippen molar-refractivity contribution in [3.63, 3.8) is 0 Å². The second-order valence-corrected chi connectivity index (χ2v) is 35.2. The van der Waals surface area contributed by atoms with E-state index in [2.05, 4.69) is 215 Å². The van der Waals surface area contributed by atoms with E-state index in [1.54, 1.807) is 0 Å². The van der Waals surface area contributed by atoms with Crippen LogP contribution in [-0.2, 0) is 126 Å². The molecule has 0 bridgehead atoms. The fourth-order valence-corrected chi connectivity index (χ4v) is 13.2. The number of carbonyl (C=O) groups is 4. The molecule has 0 spiro atoms. The summed E-state index contributed by atoms with van der Waals surface area (Å²) >= 11 is 0. The second kappa shape index (κ2) is 34.6. The maximum Gasteiger partial charge on any atom is 0.463 e. The van der Waals surface area contributed by atoms with Crippen LogP contribution in [0.4, 0.5) is 0 Å². The van der Waals surface area contributed by atoms with Crippen LogP contribution < -0.4 is 18.1 Å². The number of rotatable bonds is 31. The Hall–Kier alpha value is -5.34. The summed E-state index contributed by atoms with van der Waals surface area (Å²) in [6.07, 6.45) is 2.94. The van der Waals surface area contributed by atoms with Crippen molar-refractivity contribution in [3.8, 4) is 23.0 Å². The normalized spacial score (nSPS) is 12.9. The van der Waals surface area contributed by atoms with Gasteiger partial charge in [-0.05, 0) is 138 Å². The molecule has 4 rings (SSSR count). The van der Waals surface area contributed by atoms with Crippen LogP contribution in [0.2, 0.25) is 0 Å². The molecule has 0 aliphatic heterocycles. The summed E-state index contributed by atoms with van der Waals surface area (Å²) in [5.41, 5.74) is 9.17. The molecule has 0 unspecified atom stereocenters. The van der Waals surface area contributed by atoms with Crippen molar-refractivity contribution in [2.45, 2.75) is 261 Å². The third kappa shape index (κ3) is 25.4. The van der Waals surface area contributed by atoms with Crippen molar-refractivity contribution < 1.29 is 74.7 Å². The number of benzene rings is 4. The van der Waals surface area contributed by atoms with Gasteiger partial charge in [-0.1, -0.05) is 190 Å². The second-order valence-electron chi connectivity index (χ2n) is 33.0. The Bertz CT molecular complexity index is 2820. The lowest BCUT2D eigenvalue weighted by Gasteiger charge is -2.32. The first kappa shape index (κ1) is 83.1. The predicted octanol–water partition coefficient (Wildman–Crippen LogP) is 18.6. The van der Waals surface area contributed by atoms with Gasteiger partial charge in [0.25, 0.3) is 0 Å². The Morgan fingerprint density at radius 3 is 0.615 bits per heavy atom. The Labute approximate surface area is 580 Å². The van der Waals surface area contributed by atoms with Gasteiger partial charge in [0.1, 0.15) is 23.0 Å². The maximum absolute atomic E-state index is 12.5. The molecule has 0 fully saturated rings. The van der Waals surface area contributed by atoms with Crippen molar-refractivity contribution in [3.05, 3.63) is 115 Å². The lowest BCUT2D eigenvalue weighted by molar-refractivity contribution is -0.141. The minimum atomic E-state index is -2.15. The summed E-state index contributed by atoms with van der Waals surface area (Å²) in [7, 11) is 1.34. The first-order valence-electron chi connectivity index (χ1n) is 33.9. The van der Waals surface area contributed by atoms with Crippen molar-refractivity contribution in [1.29, 1.82) is 0 Å². The smallest absolute Gasteiger partial charge is 0.463 e. The van der Waals surface area contributed by atoms with Gasteiger partial charge in [0.05, 0.1) is 68.1 Å². The standard InChI is InChI=1S/C78H120O16P2/c1-71(2,3)55-47-63(59(75(13,14)15)43-51(55)29-33-67(79)83-25)91-95(92-64-48-56(72(4,5)6)52(30-34-68(80)84-26)44-60(64)76(16,17)18)89-41-39-87-37-38-88-40-42-90-96(93-65-49-57(73(7,8)9)53(31-35-69(81)85-27)45-61(65)77(19,20)21)94-66-50-58(74(10,11)12)54(32-36-70(82)86-28)46-62(66)78(22,23)24/h43-50H,29-42H2,1-28H3. The highest BCUT2D eigenvalue weighted by molar-refractivity contribution is 7.42. The Balaban J connectivity index is 1.69. The van der Waals surface area contributed by atoms with E-state index in [9.17, 15) is 19.2 Å². The number of aryl methyl sites for hydroxylation is 4. The Morgan fingerprint density at radius 2 is 0.448 bits per heavy atom. The number of hydrogen-bond donors (Lipinski definition) is 0. The largest absolute Gasteiger partial charge is 0.469 e. The molecule has 0 radical (unpaired) electrons. The minimum absolute atomic E-state index is 0.121. The van der Waals surface area contributed by atoms with Gasteiger partial charge in [-0.15, -0.1) is 0 Å². The van der Waals surface area contributed by atoms with Gasteiger partial charge in [-0.3, -0.25) is 28.2 Å². The quantitative estimate of drug-likeness (QED) is 0.0201. The zero-order valence-corrected chi connectivity index (χ0v) is 65.7. The van der Waals surface area contributed by atoms with Crippen LogP contribution in [0.1, 0.15) is 259 Å². The molecule has 0 atom stereocenters. The van der Waals surface area contributed by atoms with Gasteiger partial charge in [0.15, 0.2) is 0 Å². The first-order valence-corrected chi connectivity index (χ1v) is 36.0. The summed E-state index contributed by atoms with van der Waals surface area (Å²) < 4.78 is 74.2. The lowest BCUT2D eigenvalue weighted by Crippen LogP contribution is -2.21. The van der Waals surface area contributed by atoms with Crippen molar-refractivity contribution in [1.82, 2.24) is 0 Å². The molecule has 16 nitrogen and oxygen atoms in total. The van der Waals surface area contributed by atoms with Gasteiger partial charge in [-0.2, -0.15) is 0 Å². The zero-order valence-electron chi connectivity index (χ0n) is 63.9. The van der Waals surface area contributed by atoms with Crippen LogP contribution >= 0.6 is 17.2 Å². The number of carbonyl (C=O) groups excluding carboxylic acids is 4. The zero-order chi connectivity index (χ0) is 72.7. The molecule has 0 aromatic heterocycles. The van der Waals surface area contributed by atoms with Crippen LogP contribution in [0.3, 0.4) is 0 Å². The van der Waals surface area contributed by atoms with E-state index < -0.39 is 17.2 Å². The van der Waals surface area contributed by atoms with Crippen LogP contribution in [0, 0.1) is 0 Å². The number of esters is 4. The number of ether oxygens (including phenoxy) is 6. The number of hydrogen-bond acceptors (Lipinski definition) is 16. The molecule has 4 aromatic carbocycles. The summed E-state index contributed by atoms with van der Waals surface area (Å²) in [5, 5.41) is 0. The third-order valence-electron chi connectivity index (χ3n) is 16.5. The molecule has 0 aliphatic rings. The fourth-order valence-electron chi connectivity index (χ4n) is 11.2. The average Bonchev–Trinajstić information content (AvgIpc) is 0.795. The summed E-state index contributed by atoms with van der Waals surface area (Å²) in [6, 6.07) is 16.9. The lowest BCUT2D eigenvalue weighted by atomic mass is 9.78. The van der Waals surface area contributed by atoms with Gasteiger partial charge in [-0.25, -0.2) is 0 Å². The molecule has 538 valence electrons. The molecule has 0 aliphatic carbocycles. The Kier molecular flexibility index (Phi) is 30.0. The van der Waals surface area contributed by atoms with Gasteiger partial charge >= 0.3 is 41.1 Å².